The SMILES string of the molecule is CNC(C)(C)c1cc(-c2ccc(F)c(Cl)c2)nc(C(O)(CNC(=O)c2ccc(OC[C@@H](C)O)c(OC)c2)C(F)(F)F)c1. The first kappa shape index (κ1) is 33.1. The Bertz CT molecular complexity index is 1430. The molecular formula is C29H32ClF4N3O5. The maximum absolute atomic E-state index is 14.5. The number of methoxy groups -OCH3 is 1. The van der Waals surface area contributed by atoms with Gasteiger partial charge in [-0.1, -0.05) is 11.6 Å². The molecule has 0 saturated heterocycles. The summed E-state index contributed by atoms with van der Waals surface area (Å²) in [6, 6.07) is 10.1. The van der Waals surface area contributed by atoms with Crippen molar-refractivity contribution in [2.45, 2.75) is 44.2 Å². The second-order valence-electron chi connectivity index (χ2n) is 10.2. The molecule has 0 aliphatic carbocycles. The minimum absolute atomic E-state index is 0.000695. The van der Waals surface area contributed by atoms with Crippen LogP contribution in [0.25, 0.3) is 11.3 Å². The van der Waals surface area contributed by atoms with E-state index < -0.39 is 47.4 Å². The van der Waals surface area contributed by atoms with Gasteiger partial charge in [-0.25, -0.2) is 9.37 Å². The molecule has 4 N–H and O–H groups in total. The van der Waals surface area contributed by atoms with E-state index in [9.17, 15) is 32.6 Å². The van der Waals surface area contributed by atoms with Crippen molar-refractivity contribution in [1.82, 2.24) is 15.6 Å². The number of hydrogen-bond donors (Lipinski definition) is 4. The van der Waals surface area contributed by atoms with Crippen LogP contribution in [0.2, 0.25) is 5.02 Å². The number of nitrogens with zero attached hydrogens (tertiary/aromatic N) is 1. The highest BCUT2D eigenvalue weighted by atomic mass is 35.5. The molecule has 0 spiro atoms. The molecule has 0 bridgehead atoms. The van der Waals surface area contributed by atoms with E-state index >= 15 is 0 Å². The number of pyridine rings is 1. The van der Waals surface area contributed by atoms with Gasteiger partial charge >= 0.3 is 6.18 Å². The van der Waals surface area contributed by atoms with E-state index in [1.54, 1.807) is 20.9 Å². The summed E-state index contributed by atoms with van der Waals surface area (Å²) in [7, 11) is 2.92. The van der Waals surface area contributed by atoms with Crippen LogP contribution in [-0.2, 0) is 11.1 Å². The number of aliphatic hydroxyl groups is 2. The molecule has 1 amide bonds. The molecule has 0 radical (unpaired) electrons. The van der Waals surface area contributed by atoms with E-state index in [0.717, 1.165) is 12.1 Å². The van der Waals surface area contributed by atoms with Crippen LogP contribution in [0.15, 0.2) is 48.5 Å². The highest BCUT2D eigenvalue weighted by molar-refractivity contribution is 6.31. The summed E-state index contributed by atoms with van der Waals surface area (Å²) in [5.74, 6) is -1.33. The predicted molar refractivity (Wildman–Crippen MR) is 149 cm³/mol. The Balaban J connectivity index is 2.03. The first-order chi connectivity index (χ1) is 19.5. The smallest absolute Gasteiger partial charge is 0.424 e. The molecule has 0 aliphatic heterocycles. The van der Waals surface area contributed by atoms with E-state index in [1.807, 2.05) is 0 Å². The number of hydrogen-bond acceptors (Lipinski definition) is 7. The van der Waals surface area contributed by atoms with Crippen LogP contribution < -0.4 is 20.1 Å². The maximum Gasteiger partial charge on any atom is 0.424 e. The van der Waals surface area contributed by atoms with E-state index in [-0.39, 0.29) is 39.9 Å². The molecule has 13 heteroatoms. The van der Waals surface area contributed by atoms with Crippen LogP contribution >= 0.6 is 11.6 Å². The summed E-state index contributed by atoms with van der Waals surface area (Å²) < 4.78 is 68.0. The van der Waals surface area contributed by atoms with E-state index in [2.05, 4.69) is 15.6 Å². The monoisotopic (exact) mass is 613 g/mol. The fourth-order valence-corrected chi connectivity index (χ4v) is 4.02. The molecule has 1 unspecified atom stereocenters. The Labute approximate surface area is 245 Å². The Hall–Kier alpha value is -3.45. The number of carbonyl (C=O) groups excluding carboxylic acids is 1. The van der Waals surface area contributed by atoms with E-state index in [1.165, 1.54) is 50.4 Å². The van der Waals surface area contributed by atoms with Gasteiger partial charge in [0.05, 0.1) is 36.2 Å². The molecule has 8 nitrogen and oxygen atoms in total. The Morgan fingerprint density at radius 2 is 1.79 bits per heavy atom. The summed E-state index contributed by atoms with van der Waals surface area (Å²) in [5.41, 5.74) is -4.80. The molecule has 228 valence electrons. The quantitative estimate of drug-likeness (QED) is 0.227. The second kappa shape index (κ2) is 12.8. The lowest BCUT2D eigenvalue weighted by molar-refractivity contribution is -0.265. The molecule has 1 heterocycles. The van der Waals surface area contributed by atoms with Gasteiger partial charge in [0.25, 0.3) is 5.91 Å². The molecule has 3 aromatic rings. The van der Waals surface area contributed by atoms with Crippen LogP contribution in [0.3, 0.4) is 0 Å². The molecule has 42 heavy (non-hydrogen) atoms. The number of nitrogens with one attached hydrogen (secondary N) is 2. The topological polar surface area (TPSA) is 113 Å². The molecule has 1 aromatic heterocycles. The Kier molecular flexibility index (Phi) is 10.1. The summed E-state index contributed by atoms with van der Waals surface area (Å²) in [6.45, 7) is 3.60. The highest BCUT2D eigenvalue weighted by Crippen LogP contribution is 2.40. The lowest BCUT2D eigenvalue weighted by Gasteiger charge is -2.33. The summed E-state index contributed by atoms with van der Waals surface area (Å²) >= 11 is 5.91. The van der Waals surface area contributed by atoms with Gasteiger partial charge in [-0.05, 0) is 81.9 Å². The summed E-state index contributed by atoms with van der Waals surface area (Å²) in [5, 5.41) is 25.4. The molecule has 2 aromatic carbocycles. The van der Waals surface area contributed by atoms with Gasteiger partial charge in [-0.2, -0.15) is 13.2 Å². The second-order valence-corrected chi connectivity index (χ2v) is 10.6. The van der Waals surface area contributed by atoms with E-state index in [0.29, 0.717) is 5.56 Å². The average Bonchev–Trinajstić information content (AvgIpc) is 2.94. The molecular weight excluding hydrogens is 582 g/mol. The van der Waals surface area contributed by atoms with Crippen molar-refractivity contribution in [2.75, 3.05) is 27.3 Å². The fraction of sp³-hybridized carbons (Fsp3) is 0.379. The number of amides is 1. The third kappa shape index (κ3) is 7.30. The number of rotatable bonds is 11. The van der Waals surface area contributed by atoms with Crippen molar-refractivity contribution in [2.24, 2.45) is 0 Å². The van der Waals surface area contributed by atoms with Crippen LogP contribution in [0.4, 0.5) is 17.6 Å². The van der Waals surface area contributed by atoms with Crippen molar-refractivity contribution in [1.29, 1.82) is 0 Å². The van der Waals surface area contributed by atoms with Gasteiger partial charge in [0.2, 0.25) is 5.60 Å². The Morgan fingerprint density at radius 3 is 2.36 bits per heavy atom. The van der Waals surface area contributed by atoms with Crippen LogP contribution in [0, 0.1) is 5.82 Å². The number of carbonyl (C=O) groups is 1. The van der Waals surface area contributed by atoms with Crippen molar-refractivity contribution < 1.29 is 42.0 Å². The first-order valence-corrected chi connectivity index (χ1v) is 13.1. The minimum Gasteiger partial charge on any atom is -0.493 e. The molecule has 0 saturated carbocycles. The minimum atomic E-state index is -5.27. The van der Waals surface area contributed by atoms with Crippen molar-refractivity contribution in [3.8, 4) is 22.8 Å². The first-order valence-electron chi connectivity index (χ1n) is 12.8. The van der Waals surface area contributed by atoms with Crippen LogP contribution in [0.5, 0.6) is 11.5 Å². The van der Waals surface area contributed by atoms with Crippen molar-refractivity contribution >= 4 is 17.5 Å². The summed E-state index contributed by atoms with van der Waals surface area (Å²) in [6.07, 6.45) is -6.05. The maximum atomic E-state index is 14.5. The third-order valence-electron chi connectivity index (χ3n) is 6.69. The standard InChI is InChI=1S/C29H32ClF4N3O5/c1-16(38)14-42-23-9-7-18(11-24(23)41-5)26(39)36-15-28(40,29(32,33)34)25-13-19(27(2,3)35-4)12-22(37-25)17-6-8-21(31)20(30)10-17/h6-13,16,35,38,40H,14-15H2,1-5H3,(H,36,39)/t16-,28?/m1/s1. The zero-order valence-electron chi connectivity index (χ0n) is 23.6. The van der Waals surface area contributed by atoms with Crippen LogP contribution in [0.1, 0.15) is 42.4 Å². The molecule has 2 atom stereocenters. The zero-order chi connectivity index (χ0) is 31.5. The van der Waals surface area contributed by atoms with E-state index in [4.69, 9.17) is 21.1 Å². The van der Waals surface area contributed by atoms with Gasteiger partial charge in [-0.3, -0.25) is 4.79 Å². The van der Waals surface area contributed by atoms with Gasteiger partial charge in [0.1, 0.15) is 12.4 Å². The average molecular weight is 614 g/mol. The Morgan fingerprint density at radius 1 is 1.10 bits per heavy atom. The third-order valence-corrected chi connectivity index (χ3v) is 6.98. The lowest BCUT2D eigenvalue weighted by Crippen LogP contribution is -2.51. The van der Waals surface area contributed by atoms with Gasteiger partial charge in [-0.15, -0.1) is 0 Å². The van der Waals surface area contributed by atoms with Crippen LogP contribution in [-0.4, -0.2) is 60.7 Å². The number of benzene rings is 2. The normalized spacial score (nSPS) is 14.2. The largest absolute Gasteiger partial charge is 0.493 e. The number of aromatic nitrogens is 1. The number of alkyl halides is 3. The summed E-state index contributed by atoms with van der Waals surface area (Å²) in [4.78, 5) is 17.0. The molecule has 0 aliphatic rings. The van der Waals surface area contributed by atoms with Gasteiger partial charge in [0.15, 0.2) is 11.5 Å². The van der Waals surface area contributed by atoms with Crippen molar-refractivity contribution in [3.63, 3.8) is 0 Å². The van der Waals surface area contributed by atoms with Crippen molar-refractivity contribution in [3.05, 3.63) is 76.2 Å². The van der Waals surface area contributed by atoms with Gasteiger partial charge < -0.3 is 30.3 Å². The number of ether oxygens (including phenoxy) is 2. The number of aliphatic hydroxyl groups excluding tert-OH is 1. The molecule has 3 rings (SSSR count). The van der Waals surface area contributed by atoms with Gasteiger partial charge in [0, 0.05) is 16.7 Å². The highest BCUT2D eigenvalue weighted by Gasteiger charge is 2.56. The zero-order valence-corrected chi connectivity index (χ0v) is 24.3. The lowest BCUT2D eigenvalue weighted by atomic mass is 9.89. The molecule has 0 fully saturated rings. The number of halogens is 5. The predicted octanol–water partition coefficient (Wildman–Crippen LogP) is 4.94. The fourth-order valence-electron chi connectivity index (χ4n) is 3.84.